The molecule has 2 aromatic carbocycles. The van der Waals surface area contributed by atoms with Crippen LogP contribution in [0.4, 0.5) is 0 Å². The molecule has 5 aliphatic carbocycles. The third-order valence-electron chi connectivity index (χ3n) is 15.7. The maximum absolute atomic E-state index is 11.6. The zero-order chi connectivity index (χ0) is 33.3. The van der Waals surface area contributed by atoms with Gasteiger partial charge in [0.05, 0.1) is 32.0 Å². The summed E-state index contributed by atoms with van der Waals surface area (Å²) in [4.78, 5) is 0. The van der Waals surface area contributed by atoms with Gasteiger partial charge in [0.2, 0.25) is 0 Å². The molecular formula is C44H62O3. The van der Waals surface area contributed by atoms with Gasteiger partial charge in [-0.3, -0.25) is 0 Å². The van der Waals surface area contributed by atoms with E-state index in [0.717, 1.165) is 19.3 Å². The topological polar surface area (TPSA) is 38.7 Å². The largest absolute Gasteiger partial charge is 0.392 e. The summed E-state index contributed by atoms with van der Waals surface area (Å²) in [6.07, 6.45) is 13.3. The highest BCUT2D eigenvalue weighted by Gasteiger charge is 2.69. The molecule has 3 heteroatoms. The molecule has 256 valence electrons. The maximum atomic E-state index is 11.6. The van der Waals surface area contributed by atoms with Gasteiger partial charge >= 0.3 is 0 Å². The Kier molecular flexibility index (Phi) is 8.45. The predicted octanol–water partition coefficient (Wildman–Crippen LogP) is 10.6. The highest BCUT2D eigenvalue weighted by Crippen LogP contribution is 2.75. The van der Waals surface area contributed by atoms with Crippen LogP contribution in [0.25, 0.3) is 0 Å². The summed E-state index contributed by atoms with van der Waals surface area (Å²) in [5.74, 6) is 1.65. The molecule has 0 spiro atoms. The van der Waals surface area contributed by atoms with Crippen molar-refractivity contribution in [2.45, 2.75) is 132 Å². The van der Waals surface area contributed by atoms with Gasteiger partial charge in [-0.05, 0) is 108 Å². The molecule has 1 unspecified atom stereocenters. The van der Waals surface area contributed by atoms with E-state index in [0.29, 0.717) is 37.6 Å². The summed E-state index contributed by atoms with van der Waals surface area (Å²) in [7, 11) is 0. The Morgan fingerprint density at radius 3 is 2.04 bits per heavy atom. The molecule has 0 radical (unpaired) electrons. The lowest BCUT2D eigenvalue weighted by Gasteiger charge is -2.72. The molecule has 0 heterocycles. The number of benzene rings is 2. The van der Waals surface area contributed by atoms with Crippen molar-refractivity contribution in [3.63, 3.8) is 0 Å². The van der Waals surface area contributed by atoms with E-state index < -0.39 is 0 Å². The van der Waals surface area contributed by atoms with Crippen molar-refractivity contribution in [3.05, 3.63) is 83.4 Å². The van der Waals surface area contributed by atoms with Crippen molar-refractivity contribution in [1.82, 2.24) is 0 Å². The number of allylic oxidation sites excluding steroid dienone is 2. The summed E-state index contributed by atoms with van der Waals surface area (Å²) < 4.78 is 13.4. The highest BCUT2D eigenvalue weighted by atomic mass is 16.5. The summed E-state index contributed by atoms with van der Waals surface area (Å²) in [5.41, 5.74) is 5.10. The van der Waals surface area contributed by atoms with Crippen molar-refractivity contribution >= 4 is 0 Å². The van der Waals surface area contributed by atoms with Crippen LogP contribution < -0.4 is 0 Å². The second kappa shape index (κ2) is 11.8. The maximum Gasteiger partial charge on any atom is 0.0720 e. The van der Waals surface area contributed by atoms with E-state index in [1.807, 2.05) is 0 Å². The first-order valence-corrected chi connectivity index (χ1v) is 18.9. The van der Waals surface area contributed by atoms with Gasteiger partial charge < -0.3 is 14.6 Å². The standard InChI is InChI=1S/C44H62O3/c1-39(2)26-34-33-18-19-36-41(4)22-21-37(45)42(5,30-46-28-31-14-10-8-11-15-31)35(41)20-23-44(36,7)43(33,6)25-24-40(34,3)38(27-39)47-29-32-16-12-9-13-17-32/h8-18,34-38,45H,19-30H2,1-7H3/t34-,35?,36-,37+,38-,40-,41+,42+,43-,44-/m1/s1. The molecule has 4 saturated carbocycles. The SMILES string of the molecule is CC1(C)C[C@@H]2C3=CC[C@@H]4[C@@]5(C)CC[C@H](O)[C@@](C)(COCc6ccccc6)C5CC[C@@]4(C)[C@]3(C)CC[C@@]2(C)[C@H](OCc2ccccc2)C1. The number of rotatable bonds is 7. The Morgan fingerprint density at radius 2 is 1.36 bits per heavy atom. The van der Waals surface area contributed by atoms with Crippen LogP contribution in [-0.4, -0.2) is 23.9 Å². The average Bonchev–Trinajstić information content (AvgIpc) is 3.04. The van der Waals surface area contributed by atoms with Crippen molar-refractivity contribution in [1.29, 1.82) is 0 Å². The van der Waals surface area contributed by atoms with E-state index in [-0.39, 0.29) is 44.7 Å². The second-order valence-corrected chi connectivity index (χ2v) is 18.7. The zero-order valence-electron chi connectivity index (χ0n) is 30.5. The summed E-state index contributed by atoms with van der Waals surface area (Å²) >= 11 is 0. The Hall–Kier alpha value is -1.94. The van der Waals surface area contributed by atoms with Gasteiger partial charge in [-0.1, -0.05) is 121 Å². The fourth-order valence-corrected chi connectivity index (χ4v) is 12.6. The monoisotopic (exact) mass is 638 g/mol. The minimum Gasteiger partial charge on any atom is -0.392 e. The van der Waals surface area contributed by atoms with Crippen molar-refractivity contribution < 1.29 is 14.6 Å². The Bertz CT molecular complexity index is 1450. The third kappa shape index (κ3) is 5.32. The van der Waals surface area contributed by atoms with Crippen LogP contribution in [0.1, 0.15) is 117 Å². The Balaban J connectivity index is 1.17. The average molecular weight is 639 g/mol. The third-order valence-corrected chi connectivity index (χ3v) is 15.7. The summed E-state index contributed by atoms with van der Waals surface area (Å²) in [6.45, 7) is 19.9. The number of hydrogen-bond acceptors (Lipinski definition) is 3. The van der Waals surface area contributed by atoms with Crippen LogP contribution in [0.2, 0.25) is 0 Å². The van der Waals surface area contributed by atoms with E-state index in [1.165, 1.54) is 49.7 Å². The zero-order valence-corrected chi connectivity index (χ0v) is 30.5. The van der Waals surface area contributed by atoms with E-state index in [4.69, 9.17) is 9.47 Å². The van der Waals surface area contributed by atoms with Gasteiger partial charge in [0.15, 0.2) is 0 Å². The molecule has 2 aromatic rings. The Labute approximate surface area is 285 Å². The van der Waals surface area contributed by atoms with Gasteiger partial charge in [0.1, 0.15) is 0 Å². The number of ether oxygens (including phenoxy) is 2. The lowest BCUT2D eigenvalue weighted by molar-refractivity contribution is -0.224. The molecule has 0 bridgehead atoms. The van der Waals surface area contributed by atoms with Crippen LogP contribution in [0, 0.1) is 50.2 Å². The summed E-state index contributed by atoms with van der Waals surface area (Å²) in [5, 5.41) is 11.6. The van der Waals surface area contributed by atoms with E-state index in [1.54, 1.807) is 5.57 Å². The van der Waals surface area contributed by atoms with Crippen molar-refractivity contribution in [2.24, 2.45) is 50.2 Å². The molecule has 0 aromatic heterocycles. The van der Waals surface area contributed by atoms with Crippen molar-refractivity contribution in [3.8, 4) is 0 Å². The minimum absolute atomic E-state index is 0.170. The predicted molar refractivity (Wildman–Crippen MR) is 192 cm³/mol. The molecule has 47 heavy (non-hydrogen) atoms. The molecule has 1 N–H and O–H groups in total. The van der Waals surface area contributed by atoms with E-state index in [2.05, 4.69) is 115 Å². The minimum atomic E-state index is -0.307. The van der Waals surface area contributed by atoms with Crippen LogP contribution in [-0.2, 0) is 22.7 Å². The van der Waals surface area contributed by atoms with E-state index in [9.17, 15) is 5.11 Å². The molecule has 0 amide bonds. The number of fused-ring (bicyclic) bond motifs is 7. The van der Waals surface area contributed by atoms with Gasteiger partial charge in [0.25, 0.3) is 0 Å². The molecule has 4 fully saturated rings. The Morgan fingerprint density at radius 1 is 0.702 bits per heavy atom. The van der Waals surface area contributed by atoms with Gasteiger partial charge in [0, 0.05) is 10.8 Å². The fraction of sp³-hybridized carbons (Fsp3) is 0.682. The highest BCUT2D eigenvalue weighted by molar-refractivity contribution is 5.34. The van der Waals surface area contributed by atoms with Gasteiger partial charge in [-0.15, -0.1) is 0 Å². The first kappa shape index (κ1) is 33.6. The lowest BCUT2D eigenvalue weighted by atomic mass is 9.33. The first-order valence-electron chi connectivity index (χ1n) is 18.9. The normalized spacial score (nSPS) is 43.9. The van der Waals surface area contributed by atoms with Crippen molar-refractivity contribution in [2.75, 3.05) is 6.61 Å². The van der Waals surface area contributed by atoms with E-state index >= 15 is 0 Å². The first-order chi connectivity index (χ1) is 22.3. The molecule has 7 rings (SSSR count). The van der Waals surface area contributed by atoms with Crippen LogP contribution in [0.3, 0.4) is 0 Å². The number of hydrogen-bond donors (Lipinski definition) is 1. The summed E-state index contributed by atoms with van der Waals surface area (Å²) in [6, 6.07) is 21.3. The molecule has 3 nitrogen and oxygen atoms in total. The van der Waals surface area contributed by atoms with Gasteiger partial charge in [-0.2, -0.15) is 0 Å². The number of aliphatic hydroxyl groups excluding tert-OH is 1. The fourth-order valence-electron chi connectivity index (χ4n) is 12.6. The van der Waals surface area contributed by atoms with Crippen LogP contribution in [0.15, 0.2) is 72.3 Å². The van der Waals surface area contributed by atoms with Crippen LogP contribution in [0.5, 0.6) is 0 Å². The molecule has 10 atom stereocenters. The quantitative estimate of drug-likeness (QED) is 0.307. The molecule has 0 saturated heterocycles. The molecule has 5 aliphatic rings. The lowest BCUT2D eigenvalue weighted by Crippen LogP contribution is -2.66. The molecular weight excluding hydrogens is 576 g/mol. The second-order valence-electron chi connectivity index (χ2n) is 18.7. The van der Waals surface area contributed by atoms with Gasteiger partial charge in [-0.25, -0.2) is 0 Å². The smallest absolute Gasteiger partial charge is 0.0720 e. The number of aliphatic hydroxyl groups is 1. The molecule has 0 aliphatic heterocycles. The van der Waals surface area contributed by atoms with Crippen LogP contribution >= 0.6 is 0 Å².